The third-order valence-electron chi connectivity index (χ3n) is 5.49. The van der Waals surface area contributed by atoms with E-state index in [4.69, 9.17) is 14.2 Å². The molecule has 2 fully saturated rings. The van der Waals surface area contributed by atoms with E-state index in [0.717, 1.165) is 77.8 Å². The van der Waals surface area contributed by atoms with Crippen LogP contribution < -0.4 is 10.6 Å². The lowest BCUT2D eigenvalue weighted by atomic mass is 10.1. The molecule has 2 saturated heterocycles. The Bertz CT molecular complexity index is 649. The van der Waals surface area contributed by atoms with Gasteiger partial charge < -0.3 is 24.8 Å². The zero-order valence-corrected chi connectivity index (χ0v) is 18.6. The van der Waals surface area contributed by atoms with Crippen LogP contribution in [0.2, 0.25) is 0 Å². The van der Waals surface area contributed by atoms with Crippen molar-refractivity contribution in [1.82, 2.24) is 15.5 Å². The Morgan fingerprint density at radius 3 is 2.93 bits per heavy atom. The van der Waals surface area contributed by atoms with Crippen molar-refractivity contribution >= 4 is 5.96 Å². The number of nitrogens with zero attached hydrogens (tertiary/aromatic N) is 2. The predicted octanol–water partition coefficient (Wildman–Crippen LogP) is 2.16. The summed E-state index contributed by atoms with van der Waals surface area (Å²) in [6, 6.07) is 8.77. The van der Waals surface area contributed by atoms with Crippen molar-refractivity contribution in [2.45, 2.75) is 51.5 Å². The van der Waals surface area contributed by atoms with Crippen molar-refractivity contribution in [3.63, 3.8) is 0 Å². The predicted molar refractivity (Wildman–Crippen MR) is 120 cm³/mol. The van der Waals surface area contributed by atoms with E-state index in [1.165, 1.54) is 11.1 Å². The molecule has 7 nitrogen and oxygen atoms in total. The second-order valence-corrected chi connectivity index (χ2v) is 8.15. The smallest absolute Gasteiger partial charge is 0.191 e. The maximum Gasteiger partial charge on any atom is 0.191 e. The Balaban J connectivity index is 1.32. The average molecular weight is 419 g/mol. The third-order valence-corrected chi connectivity index (χ3v) is 5.49. The van der Waals surface area contributed by atoms with Gasteiger partial charge in [0, 0.05) is 53.0 Å². The van der Waals surface area contributed by atoms with E-state index in [9.17, 15) is 0 Å². The molecule has 0 saturated carbocycles. The first-order valence-corrected chi connectivity index (χ1v) is 11.3. The van der Waals surface area contributed by atoms with Crippen molar-refractivity contribution < 1.29 is 14.2 Å². The van der Waals surface area contributed by atoms with Crippen LogP contribution in [0.15, 0.2) is 29.3 Å². The maximum atomic E-state index is 5.71. The highest BCUT2D eigenvalue weighted by atomic mass is 16.5. The van der Waals surface area contributed by atoms with Crippen LogP contribution in [0.3, 0.4) is 0 Å². The molecule has 0 radical (unpaired) electrons. The molecule has 2 aliphatic rings. The van der Waals surface area contributed by atoms with E-state index in [1.807, 2.05) is 0 Å². The first-order chi connectivity index (χ1) is 14.7. The first-order valence-electron chi connectivity index (χ1n) is 11.3. The summed E-state index contributed by atoms with van der Waals surface area (Å²) >= 11 is 0. The largest absolute Gasteiger partial charge is 0.379 e. The molecule has 2 heterocycles. The molecule has 2 atom stereocenters. The van der Waals surface area contributed by atoms with Crippen LogP contribution >= 0.6 is 0 Å². The SMILES string of the molecule is CN=C(NCCCOCC1CCCO1)NCc1cccc(CN2CCOC(C)C2)c1. The van der Waals surface area contributed by atoms with E-state index in [2.05, 4.69) is 51.7 Å². The number of nitrogens with one attached hydrogen (secondary N) is 2. The fourth-order valence-corrected chi connectivity index (χ4v) is 3.91. The summed E-state index contributed by atoms with van der Waals surface area (Å²) in [5.74, 6) is 0.821. The van der Waals surface area contributed by atoms with Gasteiger partial charge in [-0.2, -0.15) is 0 Å². The van der Waals surface area contributed by atoms with Crippen molar-refractivity contribution in [1.29, 1.82) is 0 Å². The Morgan fingerprint density at radius 1 is 1.23 bits per heavy atom. The van der Waals surface area contributed by atoms with Gasteiger partial charge in [-0.05, 0) is 37.3 Å². The van der Waals surface area contributed by atoms with Gasteiger partial charge in [0.05, 0.1) is 25.4 Å². The molecule has 0 spiro atoms. The van der Waals surface area contributed by atoms with E-state index in [-0.39, 0.29) is 0 Å². The van der Waals surface area contributed by atoms with Crippen LogP contribution in [-0.4, -0.2) is 76.2 Å². The number of guanidine groups is 1. The molecule has 2 N–H and O–H groups in total. The van der Waals surface area contributed by atoms with Gasteiger partial charge >= 0.3 is 0 Å². The molecule has 2 unspecified atom stereocenters. The minimum atomic E-state index is 0.301. The molecule has 30 heavy (non-hydrogen) atoms. The zero-order valence-electron chi connectivity index (χ0n) is 18.6. The monoisotopic (exact) mass is 418 g/mol. The fourth-order valence-electron chi connectivity index (χ4n) is 3.91. The highest BCUT2D eigenvalue weighted by molar-refractivity contribution is 5.79. The topological polar surface area (TPSA) is 67.4 Å². The van der Waals surface area contributed by atoms with Gasteiger partial charge in [-0.15, -0.1) is 0 Å². The van der Waals surface area contributed by atoms with E-state index < -0.39 is 0 Å². The summed E-state index contributed by atoms with van der Waals surface area (Å²) in [5, 5.41) is 6.76. The normalized spacial score (nSPS) is 22.9. The molecule has 3 rings (SSSR count). The minimum absolute atomic E-state index is 0.301. The van der Waals surface area contributed by atoms with Crippen LogP contribution in [0.25, 0.3) is 0 Å². The van der Waals surface area contributed by atoms with Crippen LogP contribution in [0, 0.1) is 0 Å². The van der Waals surface area contributed by atoms with Gasteiger partial charge in [0.1, 0.15) is 0 Å². The molecule has 1 aromatic rings. The zero-order chi connectivity index (χ0) is 21.0. The molecular formula is C23H38N4O3. The third kappa shape index (κ3) is 8.22. The van der Waals surface area contributed by atoms with Gasteiger partial charge in [-0.3, -0.25) is 9.89 Å². The molecule has 0 bridgehead atoms. The molecule has 0 amide bonds. The molecule has 1 aromatic carbocycles. The van der Waals surface area contributed by atoms with Gasteiger partial charge in [0.25, 0.3) is 0 Å². The highest BCUT2D eigenvalue weighted by Gasteiger charge is 2.17. The first kappa shape index (κ1) is 23.0. The number of benzene rings is 1. The lowest BCUT2D eigenvalue weighted by Gasteiger charge is -2.31. The van der Waals surface area contributed by atoms with Crippen molar-refractivity contribution in [3.05, 3.63) is 35.4 Å². The Labute approximate surface area is 181 Å². The highest BCUT2D eigenvalue weighted by Crippen LogP contribution is 2.13. The van der Waals surface area contributed by atoms with Crippen LogP contribution in [0.1, 0.15) is 37.3 Å². The number of ether oxygens (including phenoxy) is 3. The number of aliphatic imine (C=N–C) groups is 1. The minimum Gasteiger partial charge on any atom is -0.379 e. The Hall–Kier alpha value is -1.67. The van der Waals surface area contributed by atoms with Gasteiger partial charge in [0.2, 0.25) is 0 Å². The maximum absolute atomic E-state index is 5.71. The van der Waals surface area contributed by atoms with Gasteiger partial charge in [-0.1, -0.05) is 24.3 Å². The summed E-state index contributed by atoms with van der Waals surface area (Å²) in [7, 11) is 1.80. The Morgan fingerprint density at radius 2 is 2.13 bits per heavy atom. The number of rotatable bonds is 10. The van der Waals surface area contributed by atoms with Crippen molar-refractivity contribution in [2.75, 3.05) is 53.1 Å². The number of hydrogen-bond acceptors (Lipinski definition) is 5. The van der Waals surface area contributed by atoms with Crippen LogP contribution in [0.5, 0.6) is 0 Å². The fraction of sp³-hybridized carbons (Fsp3) is 0.696. The van der Waals surface area contributed by atoms with Crippen molar-refractivity contribution in [3.8, 4) is 0 Å². The second kappa shape index (κ2) is 12.9. The van der Waals surface area contributed by atoms with Gasteiger partial charge in [0.15, 0.2) is 5.96 Å². The molecule has 2 aliphatic heterocycles. The van der Waals surface area contributed by atoms with Crippen molar-refractivity contribution in [2.24, 2.45) is 4.99 Å². The van der Waals surface area contributed by atoms with Crippen LogP contribution in [-0.2, 0) is 27.3 Å². The second-order valence-electron chi connectivity index (χ2n) is 8.15. The molecule has 0 aromatic heterocycles. The van der Waals surface area contributed by atoms with E-state index in [0.29, 0.717) is 18.8 Å². The summed E-state index contributed by atoms with van der Waals surface area (Å²) in [6.07, 6.45) is 3.85. The Kier molecular flexibility index (Phi) is 9.89. The van der Waals surface area contributed by atoms with E-state index >= 15 is 0 Å². The number of hydrogen-bond donors (Lipinski definition) is 2. The molecule has 168 valence electrons. The molecule has 0 aliphatic carbocycles. The summed E-state index contributed by atoms with van der Waals surface area (Å²) in [5.41, 5.74) is 2.60. The van der Waals surface area contributed by atoms with Crippen LogP contribution in [0.4, 0.5) is 0 Å². The lowest BCUT2D eigenvalue weighted by Crippen LogP contribution is -2.40. The summed E-state index contributed by atoms with van der Waals surface area (Å²) < 4.78 is 16.9. The lowest BCUT2D eigenvalue weighted by molar-refractivity contribution is -0.0212. The standard InChI is InChI=1S/C23H38N4O3/c1-19-16-27(10-13-29-19)17-21-7-3-6-20(14-21)15-26-23(24-2)25-9-5-11-28-18-22-8-4-12-30-22/h3,6-7,14,19,22H,4-5,8-13,15-18H2,1-2H3,(H2,24,25,26). The summed E-state index contributed by atoms with van der Waals surface area (Å²) in [6.45, 7) is 9.86. The summed E-state index contributed by atoms with van der Waals surface area (Å²) in [4.78, 5) is 6.78. The molecule has 7 heteroatoms. The van der Waals surface area contributed by atoms with Gasteiger partial charge in [-0.25, -0.2) is 0 Å². The van der Waals surface area contributed by atoms with E-state index in [1.54, 1.807) is 7.05 Å². The molecular weight excluding hydrogens is 380 g/mol. The number of morpholine rings is 1. The quantitative estimate of drug-likeness (QED) is 0.345. The average Bonchev–Trinajstić information content (AvgIpc) is 3.26.